The van der Waals surface area contributed by atoms with E-state index >= 15 is 0 Å². The van der Waals surface area contributed by atoms with Gasteiger partial charge in [0.25, 0.3) is 0 Å². The molecule has 0 unspecified atom stereocenters. The molecule has 2 N–H and O–H groups in total. The molecule has 0 heterocycles. The first-order valence-corrected chi connectivity index (χ1v) is 28.4. The monoisotopic (exact) mass is 1170 g/mol. The molecule has 5 nitrogen and oxygen atoms in total. The molecule has 8 heteroatoms. The molecule has 0 saturated heterocycles. The number of para-hydroxylation sites is 6. The normalized spacial score (nSPS) is 10.6. The lowest BCUT2D eigenvalue weighted by Gasteiger charge is -2.26. The number of benzene rings is 11. The van der Waals surface area contributed by atoms with Crippen molar-refractivity contribution in [2.45, 2.75) is 41.5 Å². The third-order valence-electron chi connectivity index (χ3n) is 14.1. The smallest absolute Gasteiger partial charge is 0.488 e. The number of aryl methyl sites for hydroxylation is 4. The van der Waals surface area contributed by atoms with Crippen LogP contribution < -0.4 is 20.2 Å². The standard InChI is InChI=1S/C45H38N2.C18H16BNO2.C9H10Br2.H/c1-33-32-34(2)45(37-26-30-43(31-27-37)47(40-20-12-6-13-21-40)41-22-14-7-15-23-41)35(3)44(33)36-24-28-42(29-25-36)46(38-16-8-4-9-17-38)39-18-10-5-11-19-39;21-19(22)15-11-13-18(14-12-15)20(16-7-3-1-4-8-16)17-9-5-2-6-10-17;1-5-4-6(2)9(11)7(3)8(5)10;/h4-32H,1-3H3;1-14,21-22H;4H,1-3H3;/q;;;-1. The summed E-state index contributed by atoms with van der Waals surface area (Å²) in [6.07, 6.45) is 0. The van der Waals surface area contributed by atoms with Crippen LogP contribution in [0, 0.1) is 41.5 Å². The molecule has 11 rings (SSSR count). The largest absolute Gasteiger partial charge is 1.00 e. The lowest BCUT2D eigenvalue weighted by Crippen LogP contribution is -2.29. The molecule has 0 bridgehead atoms. The van der Waals surface area contributed by atoms with E-state index in [1.165, 1.54) is 64.6 Å². The van der Waals surface area contributed by atoms with Crippen molar-refractivity contribution in [3.05, 3.63) is 309 Å². The van der Waals surface area contributed by atoms with Gasteiger partial charge in [-0.2, -0.15) is 0 Å². The second kappa shape index (κ2) is 26.6. The molecule has 398 valence electrons. The Morgan fingerprint density at radius 2 is 0.512 bits per heavy atom. The van der Waals surface area contributed by atoms with Gasteiger partial charge >= 0.3 is 7.12 Å². The second-order valence-corrected chi connectivity index (χ2v) is 21.3. The zero-order valence-electron chi connectivity index (χ0n) is 47.0. The third kappa shape index (κ3) is 13.3. The van der Waals surface area contributed by atoms with E-state index < -0.39 is 7.12 Å². The minimum absolute atomic E-state index is 0. The van der Waals surface area contributed by atoms with Crippen LogP contribution in [0.4, 0.5) is 51.2 Å². The molecule has 11 aromatic rings. The Hall–Kier alpha value is -8.24. The molecule has 11 aromatic carbocycles. The highest BCUT2D eigenvalue weighted by molar-refractivity contribution is 9.11. The van der Waals surface area contributed by atoms with Gasteiger partial charge in [-0.05, 0) is 212 Å². The van der Waals surface area contributed by atoms with E-state index in [1.54, 1.807) is 12.1 Å². The highest BCUT2D eigenvalue weighted by Gasteiger charge is 2.19. The average Bonchev–Trinajstić information content (AvgIpc) is 3.51. The van der Waals surface area contributed by atoms with Crippen LogP contribution in [0.3, 0.4) is 0 Å². The Morgan fingerprint density at radius 1 is 0.287 bits per heavy atom. The van der Waals surface area contributed by atoms with E-state index in [4.69, 9.17) is 0 Å². The van der Waals surface area contributed by atoms with Crippen LogP contribution in [-0.4, -0.2) is 17.2 Å². The lowest BCUT2D eigenvalue weighted by molar-refractivity contribution is 0.426. The highest BCUT2D eigenvalue weighted by atomic mass is 79.9. The minimum atomic E-state index is -1.45. The van der Waals surface area contributed by atoms with Crippen molar-refractivity contribution >= 4 is 95.6 Å². The van der Waals surface area contributed by atoms with Crippen molar-refractivity contribution in [3.8, 4) is 22.3 Å². The summed E-state index contributed by atoms with van der Waals surface area (Å²) in [6, 6.07) is 92.1. The Morgan fingerprint density at radius 3 is 0.762 bits per heavy atom. The SMILES string of the molecule is Cc1cc(C)c(-c2ccc(N(c3ccccc3)c3ccccc3)cc2)c(C)c1-c1ccc(N(c2ccccc2)c2ccccc2)cc1.Cc1cc(C)c(Br)c(C)c1Br.OB(O)c1ccc(N(c2ccccc2)c2ccccc2)cc1.[H-]. The molecule has 0 aliphatic rings. The first kappa shape index (κ1) is 56.5. The summed E-state index contributed by atoms with van der Waals surface area (Å²) in [5.74, 6) is 0. The average molecular weight is 1170 g/mol. The van der Waals surface area contributed by atoms with Crippen LogP contribution in [0.1, 0.15) is 34.8 Å². The molecule has 0 spiro atoms. The Labute approximate surface area is 491 Å². The number of rotatable bonds is 12. The van der Waals surface area contributed by atoms with Gasteiger partial charge in [-0.15, -0.1) is 0 Å². The van der Waals surface area contributed by atoms with Crippen LogP contribution in [0.5, 0.6) is 0 Å². The molecule has 0 saturated carbocycles. The summed E-state index contributed by atoms with van der Waals surface area (Å²) in [5, 5.41) is 18.5. The maximum absolute atomic E-state index is 9.23. The summed E-state index contributed by atoms with van der Waals surface area (Å²) in [6.45, 7) is 13.1. The van der Waals surface area contributed by atoms with Crippen molar-refractivity contribution < 1.29 is 11.5 Å². The summed E-state index contributed by atoms with van der Waals surface area (Å²) in [4.78, 5) is 6.73. The van der Waals surface area contributed by atoms with Crippen LogP contribution in [0.2, 0.25) is 0 Å². The van der Waals surface area contributed by atoms with Crippen LogP contribution in [0.15, 0.2) is 276 Å². The van der Waals surface area contributed by atoms with Crippen LogP contribution in [0.25, 0.3) is 22.3 Å². The second-order valence-electron chi connectivity index (χ2n) is 19.7. The number of hydrogen-bond donors (Lipinski definition) is 2. The van der Waals surface area contributed by atoms with E-state index in [0.717, 1.165) is 51.2 Å². The summed E-state index contributed by atoms with van der Waals surface area (Å²) in [7, 11) is -1.45. The molecular formula is C72H65BBr2N3O2-. The van der Waals surface area contributed by atoms with E-state index in [0.29, 0.717) is 5.46 Å². The Bertz CT molecular complexity index is 3450. The van der Waals surface area contributed by atoms with Crippen LogP contribution in [-0.2, 0) is 0 Å². The van der Waals surface area contributed by atoms with E-state index in [1.807, 2.05) is 72.8 Å². The fourth-order valence-corrected chi connectivity index (χ4v) is 11.3. The molecule has 0 aromatic heterocycles. The molecule has 0 fully saturated rings. The fraction of sp³-hybridized carbons (Fsp3) is 0.0833. The van der Waals surface area contributed by atoms with Gasteiger partial charge in [0.05, 0.1) is 0 Å². The number of hydrogen-bond acceptors (Lipinski definition) is 5. The number of anilines is 9. The van der Waals surface area contributed by atoms with Crippen LogP contribution >= 0.6 is 31.9 Å². The fourth-order valence-electron chi connectivity index (χ4n) is 10.4. The maximum Gasteiger partial charge on any atom is 0.488 e. The molecule has 0 aliphatic heterocycles. The third-order valence-corrected chi connectivity index (χ3v) is 16.6. The van der Waals surface area contributed by atoms with Crippen molar-refractivity contribution in [2.75, 3.05) is 14.7 Å². The minimum Gasteiger partial charge on any atom is -1.00 e. The van der Waals surface area contributed by atoms with Gasteiger partial charge in [0.2, 0.25) is 0 Å². The van der Waals surface area contributed by atoms with Crippen molar-refractivity contribution in [1.82, 2.24) is 0 Å². The van der Waals surface area contributed by atoms with E-state index in [9.17, 15) is 10.0 Å². The molecule has 0 atom stereocenters. The maximum atomic E-state index is 9.23. The van der Waals surface area contributed by atoms with Crippen molar-refractivity contribution in [2.24, 2.45) is 0 Å². The van der Waals surface area contributed by atoms with Gasteiger partial charge < -0.3 is 26.2 Å². The first-order chi connectivity index (χ1) is 38.9. The zero-order chi connectivity index (χ0) is 56.1. The van der Waals surface area contributed by atoms with Gasteiger partial charge in [-0.25, -0.2) is 0 Å². The summed E-state index contributed by atoms with van der Waals surface area (Å²) >= 11 is 7.07. The number of nitrogens with zero attached hydrogens (tertiary/aromatic N) is 3. The van der Waals surface area contributed by atoms with Gasteiger partial charge in [0.1, 0.15) is 0 Å². The molecule has 0 amide bonds. The predicted octanol–water partition coefficient (Wildman–Crippen LogP) is 20.0. The summed E-state index contributed by atoms with van der Waals surface area (Å²) < 4.78 is 2.41. The Kier molecular flexibility index (Phi) is 18.8. The van der Waals surface area contributed by atoms with E-state index in [2.05, 4.69) is 270 Å². The molecular weight excluding hydrogens is 1110 g/mol. The molecule has 80 heavy (non-hydrogen) atoms. The number of halogens is 2. The highest BCUT2D eigenvalue weighted by Crippen LogP contribution is 2.42. The Balaban J connectivity index is 0.000000208. The molecule has 0 radical (unpaired) electrons. The topological polar surface area (TPSA) is 50.2 Å². The molecule has 0 aliphatic carbocycles. The van der Waals surface area contributed by atoms with Crippen molar-refractivity contribution in [3.63, 3.8) is 0 Å². The van der Waals surface area contributed by atoms with Gasteiger partial charge in [0.15, 0.2) is 0 Å². The lowest BCUT2D eigenvalue weighted by atomic mass is 9.80. The first-order valence-electron chi connectivity index (χ1n) is 26.8. The van der Waals surface area contributed by atoms with E-state index in [-0.39, 0.29) is 1.43 Å². The van der Waals surface area contributed by atoms with Gasteiger partial charge in [-0.1, -0.05) is 190 Å². The van der Waals surface area contributed by atoms with Crippen molar-refractivity contribution in [1.29, 1.82) is 0 Å². The summed E-state index contributed by atoms with van der Waals surface area (Å²) in [5.41, 5.74) is 23.1. The van der Waals surface area contributed by atoms with Gasteiger partial charge in [0, 0.05) is 60.1 Å². The predicted molar refractivity (Wildman–Crippen MR) is 349 cm³/mol. The zero-order valence-corrected chi connectivity index (χ0v) is 49.1. The quantitative estimate of drug-likeness (QED) is 0.119. The van der Waals surface area contributed by atoms with Gasteiger partial charge in [-0.3, -0.25) is 0 Å².